The van der Waals surface area contributed by atoms with E-state index in [-0.39, 0.29) is 26.7 Å². The summed E-state index contributed by atoms with van der Waals surface area (Å²) in [6, 6.07) is 2.84. The third-order valence-electron chi connectivity index (χ3n) is 12.7. The van der Waals surface area contributed by atoms with Crippen LogP contribution < -0.4 is 21.3 Å². The fraction of sp³-hybridized carbons (Fsp3) is 0.500. The van der Waals surface area contributed by atoms with Gasteiger partial charge in [-0.2, -0.15) is 0 Å². The van der Waals surface area contributed by atoms with E-state index in [1.807, 2.05) is 0 Å². The third-order valence-corrected chi connectivity index (χ3v) is 12.7. The second-order valence-corrected chi connectivity index (χ2v) is 14.7. The Kier molecular flexibility index (Phi) is 4.24. The molecule has 12 aliphatic rings. The summed E-state index contributed by atoms with van der Waals surface area (Å²) < 4.78 is 0. The van der Waals surface area contributed by atoms with E-state index in [2.05, 4.69) is 21.3 Å². The molecule has 0 unspecified atom stereocenters. The van der Waals surface area contributed by atoms with E-state index in [9.17, 15) is 38.4 Å². The number of benzene rings is 1. The number of rotatable bonds is 0. The molecule has 10 fully saturated rings. The van der Waals surface area contributed by atoms with Crippen molar-refractivity contribution in [1.82, 2.24) is 80.1 Å². The van der Waals surface area contributed by atoms with Gasteiger partial charge in [0.25, 0.3) is 0 Å². The summed E-state index contributed by atoms with van der Waals surface area (Å²) in [5.41, 5.74) is 1.06. The topological polar surface area (TPSA) is 224 Å². The van der Waals surface area contributed by atoms with Crippen LogP contribution in [0.15, 0.2) is 24.3 Å². The number of fused-ring (bicyclic) bond motifs is 4. The molecule has 12 heterocycles. The molecule has 10 saturated heterocycles. The number of nitrogens with zero attached hydrogens (tertiary/aromatic N) is 12. The molecule has 2 bridgehead atoms. The van der Waals surface area contributed by atoms with Gasteiger partial charge in [0.15, 0.2) is 37.0 Å². The Morgan fingerprint density at radius 1 is 0.385 bits per heavy atom. The third kappa shape index (κ3) is 2.62. The Balaban J connectivity index is 1.02. The van der Waals surface area contributed by atoms with Crippen molar-refractivity contribution in [3.8, 4) is 0 Å². The SMILES string of the molecule is O=C1NC2NC(=O)N3CN4C(=O)N5C6c7ccccc7C(N7C(=O)N(CN1C23)C4C75)N1C(=O)N2CN3C(=O)NC4NC(=O)N(CN5C(=O)N6C1C25)C43. The molecule has 24 heteroatoms. The Labute approximate surface area is 290 Å². The lowest BCUT2D eigenvalue weighted by molar-refractivity contribution is -0.0667. The number of carbonyl (C=O) groups excluding carboxylic acids is 8. The second kappa shape index (κ2) is 8.13. The molecule has 4 N–H and O–H groups in total. The summed E-state index contributed by atoms with van der Waals surface area (Å²) in [6.45, 7) is -1.06. The van der Waals surface area contributed by atoms with Crippen molar-refractivity contribution in [1.29, 1.82) is 0 Å². The molecule has 12 aliphatic heterocycles. The Hall–Kier alpha value is -6.62. The Morgan fingerprint density at radius 3 is 0.962 bits per heavy atom. The zero-order valence-corrected chi connectivity index (χ0v) is 26.5. The number of urea groups is 8. The quantitative estimate of drug-likeness (QED) is 0.220. The molecule has 52 heavy (non-hydrogen) atoms. The molecular formula is C28H26N16O8. The van der Waals surface area contributed by atoms with Gasteiger partial charge in [0, 0.05) is 11.1 Å². The zero-order chi connectivity index (χ0) is 35.0. The van der Waals surface area contributed by atoms with E-state index < -0.39 is 110 Å². The Bertz CT molecular complexity index is 1830. The van der Waals surface area contributed by atoms with Crippen LogP contribution in [0.25, 0.3) is 0 Å². The first-order valence-electron chi connectivity index (χ1n) is 16.9. The average Bonchev–Trinajstić information content (AvgIpc) is 3.91. The van der Waals surface area contributed by atoms with Crippen LogP contribution in [0.3, 0.4) is 0 Å². The summed E-state index contributed by atoms with van der Waals surface area (Å²) in [7, 11) is 0. The molecule has 0 spiro atoms. The molecule has 0 radical (unpaired) electrons. The lowest BCUT2D eigenvalue weighted by Crippen LogP contribution is -2.63. The van der Waals surface area contributed by atoms with Crippen LogP contribution in [0.1, 0.15) is 23.5 Å². The van der Waals surface area contributed by atoms with Crippen LogP contribution in [0, 0.1) is 0 Å². The molecule has 0 atom stereocenters. The minimum atomic E-state index is -1.14. The normalized spacial score (nSPS) is 39.3. The van der Waals surface area contributed by atoms with Gasteiger partial charge in [0.2, 0.25) is 0 Å². The summed E-state index contributed by atoms with van der Waals surface area (Å²) >= 11 is 0. The highest BCUT2D eigenvalue weighted by Crippen LogP contribution is 2.58. The second-order valence-electron chi connectivity index (χ2n) is 14.7. The van der Waals surface area contributed by atoms with Crippen molar-refractivity contribution in [2.45, 2.75) is 61.7 Å². The highest BCUT2D eigenvalue weighted by atomic mass is 16.2. The number of carbonyl (C=O) groups is 8. The van der Waals surface area contributed by atoms with Gasteiger partial charge in [0.1, 0.15) is 51.3 Å². The van der Waals surface area contributed by atoms with Crippen molar-refractivity contribution >= 4 is 48.2 Å². The molecule has 1 aromatic rings. The summed E-state index contributed by atoms with van der Waals surface area (Å²) in [4.78, 5) is 130. The number of hydrogen-bond acceptors (Lipinski definition) is 8. The average molecular weight is 715 g/mol. The fourth-order valence-electron chi connectivity index (χ4n) is 10.8. The van der Waals surface area contributed by atoms with Crippen molar-refractivity contribution in [3.05, 3.63) is 35.4 Å². The molecule has 16 amide bonds. The number of nitrogens with one attached hydrogen (secondary N) is 4. The van der Waals surface area contributed by atoms with Crippen molar-refractivity contribution in [3.63, 3.8) is 0 Å². The molecule has 266 valence electrons. The Morgan fingerprint density at radius 2 is 0.673 bits per heavy atom. The minimum Gasteiger partial charge on any atom is -0.314 e. The van der Waals surface area contributed by atoms with Crippen molar-refractivity contribution in [2.24, 2.45) is 0 Å². The summed E-state index contributed by atoms with van der Waals surface area (Å²) in [5.74, 6) is 0. The van der Waals surface area contributed by atoms with Crippen LogP contribution in [-0.2, 0) is 0 Å². The standard InChI is InChI=1S/C28H26N16O8/c45-21-29-11-15-33(21)5-37-17-19-41(25(37)49)13-9-3-1-2-4-10(9)14(43(19)27(51)39(17)7-35(15)23(47)31-11)44-20-18-38(26(50)42(13)20)6-34-16-12(30-22(34)46)32-24(48)36(16)8-40(18)28(44)52/h1-4,11-20H,5-8H2,(H,29,45)(H,30,46)(H,31,47)(H,32,48). The largest absolute Gasteiger partial charge is 0.326 e. The molecule has 24 nitrogen and oxygen atoms in total. The molecule has 0 saturated carbocycles. The first-order valence-corrected chi connectivity index (χ1v) is 16.9. The minimum absolute atomic E-state index is 0.265. The first kappa shape index (κ1) is 27.1. The van der Waals surface area contributed by atoms with E-state index in [0.29, 0.717) is 11.1 Å². The molecule has 0 aliphatic carbocycles. The van der Waals surface area contributed by atoms with Crippen molar-refractivity contribution < 1.29 is 38.4 Å². The van der Waals surface area contributed by atoms with Crippen LogP contribution in [-0.4, -0.2) is 183 Å². The van der Waals surface area contributed by atoms with Gasteiger partial charge in [-0.05, 0) is 0 Å². The van der Waals surface area contributed by atoms with Gasteiger partial charge in [-0.15, -0.1) is 0 Å². The van der Waals surface area contributed by atoms with E-state index in [0.717, 1.165) is 0 Å². The van der Waals surface area contributed by atoms with Gasteiger partial charge >= 0.3 is 48.2 Å². The van der Waals surface area contributed by atoms with Crippen LogP contribution in [0.4, 0.5) is 38.4 Å². The maximum atomic E-state index is 15.0. The number of hydrogen-bond donors (Lipinski definition) is 4. The monoisotopic (exact) mass is 714 g/mol. The highest BCUT2D eigenvalue weighted by Gasteiger charge is 2.75. The fourth-order valence-corrected chi connectivity index (χ4v) is 10.8. The summed E-state index contributed by atoms with van der Waals surface area (Å²) in [6.07, 6.45) is -9.64. The van der Waals surface area contributed by atoms with E-state index in [1.54, 1.807) is 24.3 Å². The summed E-state index contributed by atoms with van der Waals surface area (Å²) in [5, 5.41) is 10.9. The van der Waals surface area contributed by atoms with Gasteiger partial charge in [-0.3, -0.25) is 58.8 Å². The van der Waals surface area contributed by atoms with Crippen LogP contribution in [0.5, 0.6) is 0 Å². The lowest BCUT2D eigenvalue weighted by atomic mass is 10.0. The van der Waals surface area contributed by atoms with E-state index in [1.165, 1.54) is 58.8 Å². The predicted octanol–water partition coefficient (Wildman–Crippen LogP) is -2.77. The van der Waals surface area contributed by atoms with Gasteiger partial charge in [-0.1, -0.05) is 24.3 Å². The van der Waals surface area contributed by atoms with Gasteiger partial charge in [-0.25, -0.2) is 38.4 Å². The van der Waals surface area contributed by atoms with Crippen LogP contribution >= 0.6 is 0 Å². The van der Waals surface area contributed by atoms with E-state index in [4.69, 9.17) is 0 Å². The predicted molar refractivity (Wildman–Crippen MR) is 159 cm³/mol. The molecule has 0 aromatic heterocycles. The number of amides is 16. The highest BCUT2D eigenvalue weighted by molar-refractivity contribution is 5.93. The maximum absolute atomic E-state index is 15.0. The smallest absolute Gasteiger partial charge is 0.314 e. The van der Waals surface area contributed by atoms with Crippen molar-refractivity contribution in [2.75, 3.05) is 26.7 Å². The molecule has 13 rings (SSSR count). The van der Waals surface area contributed by atoms with Crippen LogP contribution in [0.2, 0.25) is 0 Å². The van der Waals surface area contributed by atoms with Gasteiger partial charge in [0.05, 0.1) is 0 Å². The van der Waals surface area contributed by atoms with E-state index >= 15 is 0 Å². The molecular weight excluding hydrogens is 688 g/mol. The molecule has 1 aromatic carbocycles. The lowest BCUT2D eigenvalue weighted by Gasteiger charge is -2.46. The maximum Gasteiger partial charge on any atom is 0.326 e. The first-order chi connectivity index (χ1) is 25.1. The zero-order valence-electron chi connectivity index (χ0n) is 26.5. The van der Waals surface area contributed by atoms with Gasteiger partial charge < -0.3 is 21.3 Å².